The van der Waals surface area contributed by atoms with E-state index in [1.165, 1.54) is 9.87 Å². The number of aryl methyl sites for hydroxylation is 4. The Morgan fingerprint density at radius 3 is 2.34 bits per heavy atom. The minimum Gasteiger partial charge on any atom is -0.340 e. The van der Waals surface area contributed by atoms with E-state index >= 15 is 0 Å². The van der Waals surface area contributed by atoms with Crippen molar-refractivity contribution in [2.45, 2.75) is 50.8 Å². The predicted molar refractivity (Wildman–Crippen MR) is 123 cm³/mol. The second kappa shape index (κ2) is 9.16. The van der Waals surface area contributed by atoms with E-state index in [0.717, 1.165) is 36.0 Å². The van der Waals surface area contributed by atoms with Crippen LogP contribution in [0.5, 0.6) is 0 Å². The average Bonchev–Trinajstić information content (AvgIpc) is 3.27. The van der Waals surface area contributed by atoms with Crippen LogP contribution in [0.25, 0.3) is 0 Å². The van der Waals surface area contributed by atoms with Crippen molar-refractivity contribution in [1.82, 2.24) is 9.21 Å². The zero-order valence-corrected chi connectivity index (χ0v) is 19.6. The molecule has 1 aliphatic carbocycles. The SMILES string of the molecule is Cc1ccc(C)c(C(=O)CCC(=O)N2CCN(S(=O)(=O)c3ccc4c(c3)CCC4)CC2)c1. The number of sulfonamides is 1. The van der Waals surface area contributed by atoms with Gasteiger partial charge in [0.05, 0.1) is 4.90 Å². The molecule has 1 saturated heterocycles. The summed E-state index contributed by atoms with van der Waals surface area (Å²) in [6, 6.07) is 11.2. The third-order valence-electron chi connectivity index (χ3n) is 6.56. The second-order valence-electron chi connectivity index (χ2n) is 8.81. The molecule has 2 aliphatic rings. The largest absolute Gasteiger partial charge is 0.340 e. The van der Waals surface area contributed by atoms with Gasteiger partial charge in [0.2, 0.25) is 15.9 Å². The number of carbonyl (C=O) groups is 2. The van der Waals surface area contributed by atoms with Crippen LogP contribution in [0.3, 0.4) is 0 Å². The number of fused-ring (bicyclic) bond motifs is 1. The summed E-state index contributed by atoms with van der Waals surface area (Å²) < 4.78 is 27.6. The molecule has 1 fully saturated rings. The molecule has 2 aromatic carbocycles. The molecule has 2 aromatic rings. The van der Waals surface area contributed by atoms with Gasteiger partial charge in [-0.15, -0.1) is 0 Å². The molecule has 0 spiro atoms. The Morgan fingerprint density at radius 2 is 1.59 bits per heavy atom. The van der Waals surface area contributed by atoms with Gasteiger partial charge < -0.3 is 4.90 Å². The highest BCUT2D eigenvalue weighted by atomic mass is 32.2. The van der Waals surface area contributed by atoms with Crippen LogP contribution in [0.1, 0.15) is 51.9 Å². The number of rotatable bonds is 6. The monoisotopic (exact) mass is 454 g/mol. The third kappa shape index (κ3) is 4.64. The van der Waals surface area contributed by atoms with E-state index < -0.39 is 10.0 Å². The molecule has 1 amide bonds. The van der Waals surface area contributed by atoms with Crippen LogP contribution in [0.15, 0.2) is 41.3 Å². The van der Waals surface area contributed by atoms with Gasteiger partial charge in [0.15, 0.2) is 5.78 Å². The number of hydrogen-bond acceptors (Lipinski definition) is 4. The van der Waals surface area contributed by atoms with E-state index in [1.807, 2.05) is 44.2 Å². The Labute approximate surface area is 190 Å². The number of piperazine rings is 1. The summed E-state index contributed by atoms with van der Waals surface area (Å²) in [5.41, 5.74) is 4.98. The number of amides is 1. The summed E-state index contributed by atoms with van der Waals surface area (Å²) in [5, 5.41) is 0. The van der Waals surface area contributed by atoms with Gasteiger partial charge in [0.25, 0.3) is 0 Å². The minimum absolute atomic E-state index is 0.0302. The first-order valence-corrected chi connectivity index (χ1v) is 12.7. The Morgan fingerprint density at radius 1 is 0.875 bits per heavy atom. The average molecular weight is 455 g/mol. The molecule has 0 unspecified atom stereocenters. The van der Waals surface area contributed by atoms with Gasteiger partial charge in [-0.25, -0.2) is 8.42 Å². The topological polar surface area (TPSA) is 74.8 Å². The standard InChI is InChI=1S/C25H30N2O4S/c1-18-6-7-19(2)23(16-18)24(28)10-11-25(29)26-12-14-27(15-13-26)32(30,31)22-9-8-20-4-3-5-21(20)17-22/h6-9,16-17H,3-5,10-15H2,1-2H3. The van der Waals surface area contributed by atoms with E-state index in [4.69, 9.17) is 0 Å². The first-order chi connectivity index (χ1) is 15.3. The number of carbonyl (C=O) groups excluding carboxylic acids is 2. The van der Waals surface area contributed by atoms with Crippen molar-refractivity contribution in [3.63, 3.8) is 0 Å². The van der Waals surface area contributed by atoms with Gasteiger partial charge in [-0.1, -0.05) is 23.8 Å². The fourth-order valence-electron chi connectivity index (χ4n) is 4.59. The van der Waals surface area contributed by atoms with Crippen molar-refractivity contribution in [3.8, 4) is 0 Å². The lowest BCUT2D eigenvalue weighted by Gasteiger charge is -2.34. The normalized spacial score (nSPS) is 16.8. The summed E-state index contributed by atoms with van der Waals surface area (Å²) in [4.78, 5) is 27.2. The Balaban J connectivity index is 1.32. The summed E-state index contributed by atoms with van der Waals surface area (Å²) in [5.74, 6) is -0.129. The number of nitrogens with zero attached hydrogens (tertiary/aromatic N) is 2. The van der Waals surface area contributed by atoms with Crippen molar-refractivity contribution in [2.75, 3.05) is 26.2 Å². The highest BCUT2D eigenvalue weighted by Crippen LogP contribution is 2.27. The molecule has 6 nitrogen and oxygen atoms in total. The smallest absolute Gasteiger partial charge is 0.243 e. The highest BCUT2D eigenvalue weighted by Gasteiger charge is 2.31. The van der Waals surface area contributed by atoms with Crippen molar-refractivity contribution in [2.24, 2.45) is 0 Å². The minimum atomic E-state index is -3.56. The molecule has 4 rings (SSSR count). The first-order valence-electron chi connectivity index (χ1n) is 11.3. The van der Waals surface area contributed by atoms with Gasteiger partial charge in [-0.05, 0) is 68.0 Å². The molecule has 0 saturated carbocycles. The van der Waals surface area contributed by atoms with Crippen LogP contribution in [-0.4, -0.2) is 55.5 Å². The van der Waals surface area contributed by atoms with E-state index in [9.17, 15) is 18.0 Å². The molecule has 0 aromatic heterocycles. The van der Waals surface area contributed by atoms with Crippen LogP contribution in [0.2, 0.25) is 0 Å². The molecule has 32 heavy (non-hydrogen) atoms. The lowest BCUT2D eigenvalue weighted by atomic mass is 9.99. The van der Waals surface area contributed by atoms with Gasteiger partial charge in [0, 0.05) is 44.6 Å². The van der Waals surface area contributed by atoms with Crippen molar-refractivity contribution >= 4 is 21.7 Å². The fourth-order valence-corrected chi connectivity index (χ4v) is 6.06. The molecule has 1 aliphatic heterocycles. The fraction of sp³-hybridized carbons (Fsp3) is 0.440. The third-order valence-corrected chi connectivity index (χ3v) is 8.45. The number of benzene rings is 2. The quantitative estimate of drug-likeness (QED) is 0.628. The number of ketones is 1. The zero-order chi connectivity index (χ0) is 22.9. The zero-order valence-electron chi connectivity index (χ0n) is 18.8. The Bertz CT molecular complexity index is 1150. The lowest BCUT2D eigenvalue weighted by Crippen LogP contribution is -2.50. The Kier molecular flexibility index (Phi) is 6.49. The molecule has 0 radical (unpaired) electrons. The highest BCUT2D eigenvalue weighted by molar-refractivity contribution is 7.89. The molecular weight excluding hydrogens is 424 g/mol. The maximum atomic E-state index is 13.1. The summed E-state index contributed by atoms with van der Waals surface area (Å²) in [6.45, 7) is 5.08. The number of Topliss-reactive ketones (excluding diaryl/α,β-unsaturated/α-hetero) is 1. The van der Waals surface area contributed by atoms with Gasteiger partial charge >= 0.3 is 0 Å². The van der Waals surface area contributed by atoms with Crippen LogP contribution < -0.4 is 0 Å². The van der Waals surface area contributed by atoms with Crippen LogP contribution >= 0.6 is 0 Å². The van der Waals surface area contributed by atoms with Gasteiger partial charge in [-0.3, -0.25) is 9.59 Å². The van der Waals surface area contributed by atoms with E-state index in [1.54, 1.807) is 11.0 Å². The van der Waals surface area contributed by atoms with E-state index in [-0.39, 0.29) is 37.6 Å². The summed E-state index contributed by atoms with van der Waals surface area (Å²) in [7, 11) is -3.56. The van der Waals surface area contributed by atoms with Crippen molar-refractivity contribution in [3.05, 3.63) is 64.2 Å². The van der Waals surface area contributed by atoms with Crippen LogP contribution in [0, 0.1) is 13.8 Å². The maximum absolute atomic E-state index is 13.1. The van der Waals surface area contributed by atoms with Crippen molar-refractivity contribution in [1.29, 1.82) is 0 Å². The predicted octanol–water partition coefficient (Wildman–Crippen LogP) is 3.29. The summed E-state index contributed by atoms with van der Waals surface area (Å²) in [6.07, 6.45) is 3.33. The second-order valence-corrected chi connectivity index (χ2v) is 10.7. The van der Waals surface area contributed by atoms with Crippen LogP contribution in [0.4, 0.5) is 0 Å². The molecule has 7 heteroatoms. The summed E-state index contributed by atoms with van der Waals surface area (Å²) >= 11 is 0. The van der Waals surface area contributed by atoms with Gasteiger partial charge in [-0.2, -0.15) is 4.31 Å². The molecular formula is C25H30N2O4S. The van der Waals surface area contributed by atoms with E-state index in [2.05, 4.69) is 0 Å². The molecule has 0 N–H and O–H groups in total. The molecule has 0 atom stereocenters. The Hall–Kier alpha value is -2.51. The maximum Gasteiger partial charge on any atom is 0.243 e. The number of hydrogen-bond donors (Lipinski definition) is 0. The van der Waals surface area contributed by atoms with Crippen molar-refractivity contribution < 1.29 is 18.0 Å². The van der Waals surface area contributed by atoms with Gasteiger partial charge in [0.1, 0.15) is 0 Å². The van der Waals surface area contributed by atoms with Crippen LogP contribution in [-0.2, 0) is 27.7 Å². The lowest BCUT2D eigenvalue weighted by molar-refractivity contribution is -0.132. The molecule has 0 bridgehead atoms. The molecule has 170 valence electrons. The molecule has 1 heterocycles. The first kappa shape index (κ1) is 22.7. The van der Waals surface area contributed by atoms with E-state index in [0.29, 0.717) is 23.5 Å².